The molecule has 1 aromatic rings. The molecule has 0 spiro atoms. The third kappa shape index (κ3) is 3.46. The molecule has 0 amide bonds. The summed E-state index contributed by atoms with van der Waals surface area (Å²) in [6.07, 6.45) is 11.2. The van der Waals surface area contributed by atoms with Crippen LogP contribution in [0.5, 0.6) is 0 Å². The summed E-state index contributed by atoms with van der Waals surface area (Å²) in [7, 11) is 0. The molecule has 0 unspecified atom stereocenters. The van der Waals surface area contributed by atoms with Crippen LogP contribution in [-0.4, -0.2) is 5.78 Å². The maximum Gasteiger partial charge on any atom is 0.193 e. The quantitative estimate of drug-likeness (QED) is 0.331. The van der Waals surface area contributed by atoms with Gasteiger partial charge in [0.25, 0.3) is 0 Å². The number of Topliss-reactive ketones (excluding diaryl/α,β-unsaturated/α-hetero) is 1. The number of benzene rings is 1. The number of carbonyl (C=O) groups is 1. The van der Waals surface area contributed by atoms with Crippen molar-refractivity contribution >= 4 is 5.78 Å². The van der Waals surface area contributed by atoms with Gasteiger partial charge in [-0.3, -0.25) is 4.79 Å². The summed E-state index contributed by atoms with van der Waals surface area (Å²) in [5, 5.41) is 0. The second-order valence-electron chi connectivity index (χ2n) is 3.65. The predicted octanol–water partition coefficient (Wildman–Crippen LogP) is 3.57. The zero-order chi connectivity index (χ0) is 12.7. The van der Waals surface area contributed by atoms with Crippen molar-refractivity contribution in [2.75, 3.05) is 0 Å². The van der Waals surface area contributed by atoms with E-state index in [1.807, 2.05) is 37.3 Å². The first-order valence-corrected chi connectivity index (χ1v) is 5.65. The van der Waals surface area contributed by atoms with E-state index in [1.54, 1.807) is 6.08 Å². The smallest absolute Gasteiger partial charge is 0.193 e. The second-order valence-corrected chi connectivity index (χ2v) is 3.65. The van der Waals surface area contributed by atoms with Gasteiger partial charge >= 0.3 is 0 Å². The number of terminal acetylenes is 1. The molecular formula is C16H16O. The van der Waals surface area contributed by atoms with E-state index in [0.29, 0.717) is 11.1 Å². The molecule has 1 aromatic carbocycles. The number of hydrogen-bond acceptors (Lipinski definition) is 1. The molecule has 0 aliphatic heterocycles. The summed E-state index contributed by atoms with van der Waals surface area (Å²) in [6, 6.07) is 7.62. The Kier molecular flexibility index (Phi) is 4.97. The standard InChI is InChI=1S/C16H16O/c1-4-7-14(8-5-2)16(17)15-11-9-13(6-3)10-12-15/h1,5,7-12H,6H2,2-3H3/b8-5-,14-7+. The van der Waals surface area contributed by atoms with Gasteiger partial charge in [0.15, 0.2) is 5.78 Å². The number of ketones is 1. The summed E-state index contributed by atoms with van der Waals surface area (Å²) >= 11 is 0. The molecule has 0 bridgehead atoms. The molecule has 86 valence electrons. The van der Waals surface area contributed by atoms with Gasteiger partial charge in [-0.15, -0.1) is 6.42 Å². The molecule has 17 heavy (non-hydrogen) atoms. The molecule has 0 aliphatic carbocycles. The Labute approximate surface area is 103 Å². The second kappa shape index (κ2) is 6.50. The highest BCUT2D eigenvalue weighted by molar-refractivity contribution is 6.10. The van der Waals surface area contributed by atoms with Crippen LogP contribution in [0.1, 0.15) is 29.8 Å². The molecule has 1 heteroatoms. The van der Waals surface area contributed by atoms with Gasteiger partial charge in [0.2, 0.25) is 0 Å². The van der Waals surface area contributed by atoms with Gasteiger partial charge in [-0.1, -0.05) is 49.3 Å². The van der Waals surface area contributed by atoms with Gasteiger partial charge in [0, 0.05) is 11.1 Å². The fourth-order valence-corrected chi connectivity index (χ4v) is 1.52. The van der Waals surface area contributed by atoms with E-state index in [-0.39, 0.29) is 5.78 Å². The minimum Gasteiger partial charge on any atom is -0.289 e. The molecule has 0 saturated carbocycles. The van der Waals surface area contributed by atoms with Crippen molar-refractivity contribution in [1.82, 2.24) is 0 Å². The van der Waals surface area contributed by atoms with Crippen molar-refractivity contribution in [1.29, 1.82) is 0 Å². The monoisotopic (exact) mass is 224 g/mol. The Morgan fingerprint density at radius 1 is 1.35 bits per heavy atom. The lowest BCUT2D eigenvalue weighted by Crippen LogP contribution is -2.01. The summed E-state index contributed by atoms with van der Waals surface area (Å²) in [4.78, 5) is 12.1. The summed E-state index contributed by atoms with van der Waals surface area (Å²) in [6.45, 7) is 3.94. The molecule has 0 N–H and O–H groups in total. The molecule has 0 fully saturated rings. The average Bonchev–Trinajstić information content (AvgIpc) is 2.38. The predicted molar refractivity (Wildman–Crippen MR) is 71.9 cm³/mol. The third-order valence-corrected chi connectivity index (χ3v) is 2.47. The molecular weight excluding hydrogens is 208 g/mol. The molecule has 0 heterocycles. The highest BCUT2D eigenvalue weighted by Crippen LogP contribution is 2.11. The number of carbonyl (C=O) groups excluding carboxylic acids is 1. The zero-order valence-electron chi connectivity index (χ0n) is 10.2. The SMILES string of the molecule is C#C/C=C(\C=C/C)C(=O)c1ccc(CC)cc1. The van der Waals surface area contributed by atoms with Crippen molar-refractivity contribution < 1.29 is 4.79 Å². The lowest BCUT2D eigenvalue weighted by Gasteiger charge is -2.02. The fraction of sp³-hybridized carbons (Fsp3) is 0.188. The van der Waals surface area contributed by atoms with Gasteiger partial charge in [-0.2, -0.15) is 0 Å². The van der Waals surface area contributed by atoms with E-state index in [1.165, 1.54) is 11.6 Å². The highest BCUT2D eigenvalue weighted by Gasteiger charge is 2.08. The average molecular weight is 224 g/mol. The normalized spacial score (nSPS) is 11.5. The lowest BCUT2D eigenvalue weighted by atomic mass is 10.0. The first kappa shape index (κ1) is 13.0. The van der Waals surface area contributed by atoms with Crippen molar-refractivity contribution in [2.45, 2.75) is 20.3 Å². The van der Waals surface area contributed by atoms with E-state index in [2.05, 4.69) is 12.8 Å². The maximum absolute atomic E-state index is 12.1. The van der Waals surface area contributed by atoms with Crippen molar-refractivity contribution in [3.05, 3.63) is 59.2 Å². The van der Waals surface area contributed by atoms with Crippen LogP contribution in [-0.2, 0) is 6.42 Å². The van der Waals surface area contributed by atoms with Crippen molar-refractivity contribution in [2.24, 2.45) is 0 Å². The lowest BCUT2D eigenvalue weighted by molar-refractivity contribution is 0.103. The van der Waals surface area contributed by atoms with Crippen LogP contribution < -0.4 is 0 Å². The van der Waals surface area contributed by atoms with Crippen LogP contribution in [0.15, 0.2) is 48.1 Å². The first-order valence-electron chi connectivity index (χ1n) is 5.65. The molecule has 0 aliphatic rings. The third-order valence-electron chi connectivity index (χ3n) is 2.47. The summed E-state index contributed by atoms with van der Waals surface area (Å²) in [5.41, 5.74) is 2.43. The Morgan fingerprint density at radius 2 is 2.00 bits per heavy atom. The molecule has 1 rings (SSSR count). The van der Waals surface area contributed by atoms with Gasteiger partial charge < -0.3 is 0 Å². The molecule has 0 atom stereocenters. The van der Waals surface area contributed by atoms with Gasteiger partial charge in [0.1, 0.15) is 0 Å². The van der Waals surface area contributed by atoms with Crippen LogP contribution in [0, 0.1) is 12.3 Å². The van der Waals surface area contributed by atoms with Crippen LogP contribution in [0.2, 0.25) is 0 Å². The van der Waals surface area contributed by atoms with Gasteiger partial charge in [-0.25, -0.2) is 0 Å². The molecule has 0 aromatic heterocycles. The first-order chi connectivity index (χ1) is 8.22. The number of hydrogen-bond donors (Lipinski definition) is 0. The Bertz CT molecular complexity index is 481. The number of rotatable bonds is 4. The van der Waals surface area contributed by atoms with E-state index in [9.17, 15) is 4.79 Å². The van der Waals surface area contributed by atoms with Crippen LogP contribution in [0.3, 0.4) is 0 Å². The molecule has 1 nitrogen and oxygen atoms in total. The molecule has 0 saturated heterocycles. The number of aryl methyl sites for hydroxylation is 1. The Hall–Kier alpha value is -2.07. The minimum atomic E-state index is -0.0382. The van der Waals surface area contributed by atoms with Gasteiger partial charge in [-0.05, 0) is 25.0 Å². The van der Waals surface area contributed by atoms with E-state index in [4.69, 9.17) is 6.42 Å². The Balaban J connectivity index is 3.02. The van der Waals surface area contributed by atoms with E-state index in [0.717, 1.165) is 6.42 Å². The van der Waals surface area contributed by atoms with E-state index >= 15 is 0 Å². The fourth-order valence-electron chi connectivity index (χ4n) is 1.52. The largest absolute Gasteiger partial charge is 0.289 e. The minimum absolute atomic E-state index is 0.0382. The van der Waals surface area contributed by atoms with Crippen LogP contribution >= 0.6 is 0 Å². The van der Waals surface area contributed by atoms with Crippen LogP contribution in [0.4, 0.5) is 0 Å². The van der Waals surface area contributed by atoms with Gasteiger partial charge in [0.05, 0.1) is 0 Å². The van der Waals surface area contributed by atoms with Crippen molar-refractivity contribution in [3.63, 3.8) is 0 Å². The topological polar surface area (TPSA) is 17.1 Å². The van der Waals surface area contributed by atoms with E-state index < -0.39 is 0 Å². The number of allylic oxidation sites excluding steroid dienone is 4. The highest BCUT2D eigenvalue weighted by atomic mass is 16.1. The van der Waals surface area contributed by atoms with Crippen LogP contribution in [0.25, 0.3) is 0 Å². The summed E-state index contributed by atoms with van der Waals surface area (Å²) in [5.74, 6) is 2.35. The summed E-state index contributed by atoms with van der Waals surface area (Å²) < 4.78 is 0. The zero-order valence-corrected chi connectivity index (χ0v) is 10.2. The van der Waals surface area contributed by atoms with Crippen molar-refractivity contribution in [3.8, 4) is 12.3 Å². The molecule has 0 radical (unpaired) electrons. The Morgan fingerprint density at radius 3 is 2.47 bits per heavy atom. The maximum atomic E-state index is 12.1.